The molecule has 2 aliphatic rings. The molecule has 0 saturated carbocycles. The maximum Gasteiger partial charge on any atom is 0.123 e. The molecule has 3 nitrogen and oxygen atoms in total. The molecule has 3 heteroatoms. The van der Waals surface area contributed by atoms with Crippen LogP contribution in [0.15, 0.2) is 18.2 Å². The molecule has 1 aromatic carbocycles. The summed E-state index contributed by atoms with van der Waals surface area (Å²) < 4.78 is 11.3. The van der Waals surface area contributed by atoms with E-state index in [1.54, 1.807) is 0 Å². The van der Waals surface area contributed by atoms with Crippen molar-refractivity contribution in [3.8, 4) is 5.75 Å². The summed E-state index contributed by atoms with van der Waals surface area (Å²) in [6.07, 6.45) is 1.00. The van der Waals surface area contributed by atoms with E-state index in [4.69, 9.17) is 9.47 Å². The fraction of sp³-hybridized carbons (Fsp3) is 0.571. The third kappa shape index (κ3) is 2.12. The van der Waals surface area contributed by atoms with Gasteiger partial charge in [-0.25, -0.2) is 0 Å². The van der Waals surface area contributed by atoms with Crippen LogP contribution in [0.1, 0.15) is 19.4 Å². The molecule has 0 unspecified atom stereocenters. The van der Waals surface area contributed by atoms with Crippen LogP contribution in [0, 0.1) is 0 Å². The average Bonchev–Trinajstić information content (AvgIpc) is 2.63. The van der Waals surface area contributed by atoms with E-state index in [9.17, 15) is 0 Å². The largest absolute Gasteiger partial charge is 0.487 e. The number of hydrogen-bond acceptors (Lipinski definition) is 3. The van der Waals surface area contributed by atoms with Crippen LogP contribution >= 0.6 is 0 Å². The van der Waals surface area contributed by atoms with Gasteiger partial charge in [0.05, 0.1) is 13.2 Å². The molecule has 0 amide bonds. The molecule has 2 aliphatic heterocycles. The Morgan fingerprint density at radius 2 is 1.94 bits per heavy atom. The Kier molecular flexibility index (Phi) is 2.51. The molecule has 0 bridgehead atoms. The van der Waals surface area contributed by atoms with E-state index in [1.165, 1.54) is 11.3 Å². The molecule has 92 valence electrons. The molecule has 17 heavy (non-hydrogen) atoms. The minimum Gasteiger partial charge on any atom is -0.487 e. The van der Waals surface area contributed by atoms with Crippen LogP contribution in [0.3, 0.4) is 0 Å². The first kappa shape index (κ1) is 10.9. The lowest BCUT2D eigenvalue weighted by Gasteiger charge is -2.29. The van der Waals surface area contributed by atoms with E-state index in [2.05, 4.69) is 36.9 Å². The molecular formula is C14H19NO2. The predicted octanol–water partition coefficient (Wildman–Crippen LogP) is 2.24. The van der Waals surface area contributed by atoms with Crippen molar-refractivity contribution in [3.05, 3.63) is 23.8 Å². The van der Waals surface area contributed by atoms with E-state index < -0.39 is 0 Å². The van der Waals surface area contributed by atoms with Crippen LogP contribution in [0.2, 0.25) is 0 Å². The van der Waals surface area contributed by atoms with Crippen LogP contribution in [0.4, 0.5) is 5.69 Å². The number of rotatable bonds is 1. The summed E-state index contributed by atoms with van der Waals surface area (Å²) in [6.45, 7) is 7.92. The van der Waals surface area contributed by atoms with Crippen molar-refractivity contribution in [2.45, 2.75) is 25.9 Å². The highest BCUT2D eigenvalue weighted by Gasteiger charge is 2.30. The molecule has 0 N–H and O–H groups in total. The van der Waals surface area contributed by atoms with E-state index >= 15 is 0 Å². The van der Waals surface area contributed by atoms with E-state index in [0.717, 1.165) is 38.5 Å². The number of ether oxygens (including phenoxy) is 2. The second-order valence-electron chi connectivity index (χ2n) is 5.43. The quantitative estimate of drug-likeness (QED) is 0.742. The normalized spacial score (nSPS) is 22.1. The third-order valence-corrected chi connectivity index (χ3v) is 3.42. The summed E-state index contributed by atoms with van der Waals surface area (Å²) in [6, 6.07) is 6.54. The monoisotopic (exact) mass is 233 g/mol. The van der Waals surface area contributed by atoms with E-state index in [1.807, 2.05) is 0 Å². The van der Waals surface area contributed by atoms with Crippen molar-refractivity contribution >= 4 is 5.69 Å². The van der Waals surface area contributed by atoms with Gasteiger partial charge in [0.1, 0.15) is 11.4 Å². The Labute approximate surface area is 102 Å². The summed E-state index contributed by atoms with van der Waals surface area (Å²) in [5.41, 5.74) is 2.58. The van der Waals surface area contributed by atoms with Gasteiger partial charge in [-0.3, -0.25) is 0 Å². The fourth-order valence-electron chi connectivity index (χ4n) is 2.61. The topological polar surface area (TPSA) is 21.7 Å². The highest BCUT2D eigenvalue weighted by molar-refractivity contribution is 5.55. The summed E-state index contributed by atoms with van der Waals surface area (Å²) in [4.78, 5) is 2.38. The van der Waals surface area contributed by atoms with Crippen molar-refractivity contribution in [3.63, 3.8) is 0 Å². The van der Waals surface area contributed by atoms with Crippen LogP contribution in [-0.4, -0.2) is 31.9 Å². The molecule has 0 radical (unpaired) electrons. The molecule has 1 aromatic rings. The summed E-state index contributed by atoms with van der Waals surface area (Å²) in [7, 11) is 0. The van der Waals surface area contributed by atoms with Crippen LogP contribution in [-0.2, 0) is 11.2 Å². The Balaban J connectivity index is 1.85. The molecule has 1 fully saturated rings. The standard InChI is InChI=1S/C14H19NO2/c1-14(2)10-11-9-12(3-4-13(11)17-14)15-5-7-16-8-6-15/h3-4,9H,5-8,10H2,1-2H3. The second kappa shape index (κ2) is 3.91. The van der Waals surface area contributed by atoms with Crippen LogP contribution < -0.4 is 9.64 Å². The third-order valence-electron chi connectivity index (χ3n) is 3.42. The highest BCUT2D eigenvalue weighted by atomic mass is 16.5. The molecule has 0 aromatic heterocycles. The smallest absolute Gasteiger partial charge is 0.123 e. The number of benzene rings is 1. The lowest BCUT2D eigenvalue weighted by atomic mass is 10.0. The zero-order chi connectivity index (χ0) is 11.9. The lowest BCUT2D eigenvalue weighted by molar-refractivity contribution is 0.122. The van der Waals surface area contributed by atoms with Gasteiger partial charge in [-0.15, -0.1) is 0 Å². The molecule has 1 saturated heterocycles. The van der Waals surface area contributed by atoms with Crippen LogP contribution in [0.25, 0.3) is 0 Å². The van der Waals surface area contributed by atoms with Gasteiger partial charge >= 0.3 is 0 Å². The van der Waals surface area contributed by atoms with Gasteiger partial charge in [-0.2, -0.15) is 0 Å². The van der Waals surface area contributed by atoms with Gasteiger partial charge in [0, 0.05) is 30.8 Å². The van der Waals surface area contributed by atoms with Crippen molar-refractivity contribution < 1.29 is 9.47 Å². The minimum absolute atomic E-state index is 0.0496. The number of hydrogen-bond donors (Lipinski definition) is 0. The van der Waals surface area contributed by atoms with Crippen molar-refractivity contribution in [1.29, 1.82) is 0 Å². The SMILES string of the molecule is CC1(C)Cc2cc(N3CCOCC3)ccc2O1. The lowest BCUT2D eigenvalue weighted by Crippen LogP contribution is -2.36. The number of nitrogens with zero attached hydrogens (tertiary/aromatic N) is 1. The first-order valence-corrected chi connectivity index (χ1v) is 6.29. The molecule has 0 spiro atoms. The van der Waals surface area contributed by atoms with Gasteiger partial charge in [0.25, 0.3) is 0 Å². The predicted molar refractivity (Wildman–Crippen MR) is 67.9 cm³/mol. The van der Waals surface area contributed by atoms with Crippen molar-refractivity contribution in [2.24, 2.45) is 0 Å². The number of anilines is 1. The first-order valence-electron chi connectivity index (χ1n) is 6.29. The summed E-state index contributed by atoms with van der Waals surface area (Å²) in [5.74, 6) is 1.05. The maximum absolute atomic E-state index is 5.89. The highest BCUT2D eigenvalue weighted by Crippen LogP contribution is 2.37. The molecular weight excluding hydrogens is 214 g/mol. The second-order valence-corrected chi connectivity index (χ2v) is 5.43. The number of morpholine rings is 1. The summed E-state index contributed by atoms with van der Waals surface area (Å²) >= 11 is 0. The minimum atomic E-state index is -0.0496. The van der Waals surface area contributed by atoms with E-state index in [0.29, 0.717) is 0 Å². The van der Waals surface area contributed by atoms with Gasteiger partial charge in [0.15, 0.2) is 0 Å². The zero-order valence-corrected chi connectivity index (χ0v) is 10.5. The zero-order valence-electron chi connectivity index (χ0n) is 10.5. The van der Waals surface area contributed by atoms with Gasteiger partial charge in [-0.1, -0.05) is 0 Å². The first-order chi connectivity index (χ1) is 8.14. The molecule has 0 aliphatic carbocycles. The Hall–Kier alpha value is -1.22. The Bertz CT molecular complexity index is 422. The fourth-order valence-corrected chi connectivity index (χ4v) is 2.61. The summed E-state index contributed by atoms with van der Waals surface area (Å²) in [5, 5.41) is 0. The van der Waals surface area contributed by atoms with Crippen molar-refractivity contribution in [1.82, 2.24) is 0 Å². The maximum atomic E-state index is 5.89. The van der Waals surface area contributed by atoms with Gasteiger partial charge in [0.2, 0.25) is 0 Å². The number of fused-ring (bicyclic) bond motifs is 1. The van der Waals surface area contributed by atoms with E-state index in [-0.39, 0.29) is 5.60 Å². The molecule has 0 atom stereocenters. The van der Waals surface area contributed by atoms with Crippen LogP contribution in [0.5, 0.6) is 5.75 Å². The average molecular weight is 233 g/mol. The van der Waals surface area contributed by atoms with Gasteiger partial charge in [-0.05, 0) is 32.0 Å². The van der Waals surface area contributed by atoms with Crippen molar-refractivity contribution in [2.75, 3.05) is 31.2 Å². The molecule has 2 heterocycles. The van der Waals surface area contributed by atoms with Gasteiger partial charge < -0.3 is 14.4 Å². The Morgan fingerprint density at radius 1 is 1.18 bits per heavy atom. The Morgan fingerprint density at radius 3 is 2.71 bits per heavy atom. The molecule has 3 rings (SSSR count).